The highest BCUT2D eigenvalue weighted by atomic mass is 32.2. The Morgan fingerprint density at radius 1 is 1.38 bits per heavy atom. The normalized spacial score (nSPS) is 16.6. The minimum Gasteiger partial charge on any atom is -0.397 e. The highest BCUT2D eigenvalue weighted by Gasteiger charge is 2.26. The molecule has 7 heteroatoms. The number of hydrogen-bond donors (Lipinski definition) is 1. The van der Waals surface area contributed by atoms with E-state index in [2.05, 4.69) is 4.98 Å². The molecule has 3 rings (SSSR count). The van der Waals surface area contributed by atoms with Crippen molar-refractivity contribution in [3.05, 3.63) is 22.3 Å². The van der Waals surface area contributed by atoms with Crippen LogP contribution in [0.5, 0.6) is 0 Å². The van der Waals surface area contributed by atoms with Crippen LogP contribution in [-0.2, 0) is 10.8 Å². The Kier molecular flexibility index (Phi) is 3.71. The average Bonchev–Trinajstić information content (AvgIpc) is 2.76. The molecule has 2 aromatic heterocycles. The first-order chi connectivity index (χ1) is 9.97. The zero-order valence-corrected chi connectivity index (χ0v) is 13.6. The van der Waals surface area contributed by atoms with E-state index >= 15 is 0 Å². The van der Waals surface area contributed by atoms with Crippen molar-refractivity contribution in [1.82, 2.24) is 9.88 Å². The first-order valence-electron chi connectivity index (χ1n) is 6.78. The third kappa shape index (κ3) is 2.55. The van der Waals surface area contributed by atoms with Crippen LogP contribution in [0.3, 0.4) is 0 Å². The van der Waals surface area contributed by atoms with Gasteiger partial charge in [0.2, 0.25) is 0 Å². The predicted octanol–water partition coefficient (Wildman–Crippen LogP) is 1.70. The lowest BCUT2D eigenvalue weighted by Crippen LogP contribution is -2.41. The van der Waals surface area contributed by atoms with Gasteiger partial charge in [0.15, 0.2) is 0 Å². The van der Waals surface area contributed by atoms with Gasteiger partial charge >= 0.3 is 0 Å². The molecule has 1 aliphatic rings. The zero-order valence-electron chi connectivity index (χ0n) is 12.0. The van der Waals surface area contributed by atoms with E-state index in [1.54, 1.807) is 4.90 Å². The molecule has 1 aliphatic heterocycles. The van der Waals surface area contributed by atoms with Crippen LogP contribution in [-0.4, -0.2) is 44.6 Å². The van der Waals surface area contributed by atoms with Crippen molar-refractivity contribution in [2.75, 3.05) is 30.3 Å². The molecule has 0 aliphatic carbocycles. The minimum absolute atomic E-state index is 0.0533. The van der Waals surface area contributed by atoms with E-state index in [-0.39, 0.29) is 5.91 Å². The molecule has 0 radical (unpaired) electrons. The second-order valence-electron chi connectivity index (χ2n) is 5.21. The monoisotopic (exact) mass is 323 g/mol. The summed E-state index contributed by atoms with van der Waals surface area (Å²) in [6.45, 7) is 4.92. The number of nitrogens with two attached hydrogens (primary N) is 1. The number of thiophene rings is 1. The summed E-state index contributed by atoms with van der Waals surface area (Å²) in [5.74, 6) is 1.05. The number of fused-ring (bicyclic) bond motifs is 1. The summed E-state index contributed by atoms with van der Waals surface area (Å²) in [5, 5.41) is 0.884. The van der Waals surface area contributed by atoms with Gasteiger partial charge in [-0.1, -0.05) is 0 Å². The van der Waals surface area contributed by atoms with Crippen LogP contribution in [0.2, 0.25) is 0 Å². The molecule has 0 unspecified atom stereocenters. The van der Waals surface area contributed by atoms with Crippen LogP contribution in [0.1, 0.15) is 21.1 Å². The quantitative estimate of drug-likeness (QED) is 0.866. The number of rotatable bonds is 1. The van der Waals surface area contributed by atoms with Crippen molar-refractivity contribution < 1.29 is 9.00 Å². The molecular weight excluding hydrogens is 306 g/mol. The Morgan fingerprint density at radius 2 is 2.05 bits per heavy atom. The van der Waals surface area contributed by atoms with Gasteiger partial charge in [0.1, 0.15) is 4.88 Å². The van der Waals surface area contributed by atoms with Gasteiger partial charge in [-0.05, 0) is 19.9 Å². The number of amides is 1. The van der Waals surface area contributed by atoms with Crippen molar-refractivity contribution in [3.63, 3.8) is 0 Å². The van der Waals surface area contributed by atoms with Crippen LogP contribution >= 0.6 is 11.3 Å². The van der Waals surface area contributed by atoms with Crippen LogP contribution in [0.4, 0.5) is 5.69 Å². The molecule has 3 heterocycles. The average molecular weight is 323 g/mol. The molecule has 0 aromatic carbocycles. The standard InChI is InChI=1S/C14H17N3O2S2/c1-8-7-10-11(9(2)16-8)12(15)13(20-10)14(18)17-3-5-21(19)6-4-17/h7H,3-6,15H2,1-2H3. The van der Waals surface area contributed by atoms with E-state index in [1.165, 1.54) is 11.3 Å². The molecule has 1 saturated heterocycles. The van der Waals surface area contributed by atoms with Gasteiger partial charge in [-0.25, -0.2) is 0 Å². The lowest BCUT2D eigenvalue weighted by Gasteiger charge is -2.26. The summed E-state index contributed by atoms with van der Waals surface area (Å²) in [5.41, 5.74) is 8.50. The Morgan fingerprint density at radius 3 is 2.71 bits per heavy atom. The van der Waals surface area contributed by atoms with Gasteiger partial charge in [-0.2, -0.15) is 0 Å². The number of nitrogen functional groups attached to an aromatic ring is 1. The number of carbonyl (C=O) groups is 1. The number of carbonyl (C=O) groups excluding carboxylic acids is 1. The third-order valence-corrected chi connectivity index (χ3v) is 6.09. The smallest absolute Gasteiger partial charge is 0.266 e. The van der Waals surface area contributed by atoms with Crippen LogP contribution in [0, 0.1) is 13.8 Å². The van der Waals surface area contributed by atoms with Crippen molar-refractivity contribution >= 4 is 43.8 Å². The minimum atomic E-state index is -0.792. The summed E-state index contributed by atoms with van der Waals surface area (Å²) >= 11 is 1.42. The maximum absolute atomic E-state index is 12.6. The maximum Gasteiger partial charge on any atom is 0.266 e. The van der Waals surface area contributed by atoms with Crippen molar-refractivity contribution in [2.24, 2.45) is 0 Å². The van der Waals surface area contributed by atoms with Gasteiger partial charge in [-0.15, -0.1) is 11.3 Å². The second kappa shape index (κ2) is 5.38. The first-order valence-corrected chi connectivity index (χ1v) is 9.08. The summed E-state index contributed by atoms with van der Waals surface area (Å²) in [7, 11) is -0.792. The number of anilines is 1. The second-order valence-corrected chi connectivity index (χ2v) is 7.96. The van der Waals surface area contributed by atoms with Gasteiger partial charge in [-0.3, -0.25) is 14.0 Å². The Bertz CT molecular complexity index is 744. The van der Waals surface area contributed by atoms with E-state index in [9.17, 15) is 9.00 Å². The fourth-order valence-corrected chi connectivity index (χ4v) is 4.91. The summed E-state index contributed by atoms with van der Waals surface area (Å²) < 4.78 is 12.4. The largest absolute Gasteiger partial charge is 0.397 e. The van der Waals surface area contributed by atoms with Gasteiger partial charge < -0.3 is 10.6 Å². The van der Waals surface area contributed by atoms with E-state index in [1.807, 2.05) is 19.9 Å². The first kappa shape index (κ1) is 14.5. The molecule has 2 aromatic rings. The van der Waals surface area contributed by atoms with E-state index in [0.29, 0.717) is 35.2 Å². The highest BCUT2D eigenvalue weighted by molar-refractivity contribution is 7.85. The molecule has 21 heavy (non-hydrogen) atoms. The lowest BCUT2D eigenvalue weighted by atomic mass is 10.2. The summed E-state index contributed by atoms with van der Waals surface area (Å²) in [4.78, 5) is 19.4. The van der Waals surface area contributed by atoms with Crippen LogP contribution < -0.4 is 5.73 Å². The molecule has 1 amide bonds. The van der Waals surface area contributed by atoms with E-state index in [4.69, 9.17) is 5.73 Å². The summed E-state index contributed by atoms with van der Waals surface area (Å²) in [6.07, 6.45) is 0. The van der Waals surface area contributed by atoms with Crippen LogP contribution in [0.15, 0.2) is 6.07 Å². The fraction of sp³-hybridized carbons (Fsp3) is 0.429. The van der Waals surface area contributed by atoms with Crippen LogP contribution in [0.25, 0.3) is 10.1 Å². The van der Waals surface area contributed by atoms with E-state index in [0.717, 1.165) is 21.5 Å². The molecule has 0 saturated carbocycles. The molecule has 2 N–H and O–H groups in total. The molecule has 0 atom stereocenters. The van der Waals surface area contributed by atoms with Gasteiger partial charge in [0.05, 0.1) is 5.69 Å². The molecule has 5 nitrogen and oxygen atoms in total. The number of pyridine rings is 1. The number of hydrogen-bond acceptors (Lipinski definition) is 5. The van der Waals surface area contributed by atoms with Gasteiger partial charge in [0, 0.05) is 56.9 Å². The highest BCUT2D eigenvalue weighted by Crippen LogP contribution is 2.36. The van der Waals surface area contributed by atoms with Gasteiger partial charge in [0.25, 0.3) is 5.91 Å². The molecule has 0 spiro atoms. The Hall–Kier alpha value is -1.47. The number of nitrogens with zero attached hydrogens (tertiary/aromatic N) is 2. The van der Waals surface area contributed by atoms with Crippen molar-refractivity contribution in [3.8, 4) is 0 Å². The fourth-order valence-electron chi connectivity index (χ4n) is 2.62. The van der Waals surface area contributed by atoms with Crippen molar-refractivity contribution in [2.45, 2.75) is 13.8 Å². The summed E-state index contributed by atoms with van der Waals surface area (Å²) in [6, 6.07) is 1.96. The molecular formula is C14H17N3O2S2. The topological polar surface area (TPSA) is 76.3 Å². The SMILES string of the molecule is Cc1cc2sc(C(=O)N3CCS(=O)CC3)c(N)c2c(C)n1. The van der Waals surface area contributed by atoms with Crippen molar-refractivity contribution in [1.29, 1.82) is 0 Å². The predicted molar refractivity (Wildman–Crippen MR) is 87.3 cm³/mol. The number of aryl methyl sites for hydroxylation is 2. The third-order valence-electron chi connectivity index (χ3n) is 3.68. The lowest BCUT2D eigenvalue weighted by molar-refractivity contribution is 0.0777. The van der Waals surface area contributed by atoms with E-state index < -0.39 is 10.8 Å². The Balaban J connectivity index is 2.01. The Labute approximate surface area is 129 Å². The number of aromatic nitrogens is 1. The zero-order chi connectivity index (χ0) is 15.1. The molecule has 0 bridgehead atoms. The maximum atomic E-state index is 12.6. The molecule has 112 valence electrons. The molecule has 1 fully saturated rings.